The lowest BCUT2D eigenvalue weighted by atomic mass is 9.85. The number of nitrogens with zero attached hydrogens (tertiary/aromatic N) is 1. The van der Waals surface area contributed by atoms with Crippen molar-refractivity contribution in [3.05, 3.63) is 48.0 Å². The lowest BCUT2D eigenvalue weighted by Crippen LogP contribution is -2.59. The van der Waals surface area contributed by atoms with Crippen LogP contribution in [0.4, 0.5) is 0 Å². The van der Waals surface area contributed by atoms with E-state index in [0.29, 0.717) is 13.0 Å². The average Bonchev–Trinajstić information content (AvgIpc) is 3.14. The van der Waals surface area contributed by atoms with Crippen molar-refractivity contribution in [1.29, 1.82) is 0 Å². The Morgan fingerprint density at radius 3 is 2.50 bits per heavy atom. The molecular formula is C19H24NO6PS. The maximum Gasteiger partial charge on any atom is 0.349 e. The second-order valence-corrected chi connectivity index (χ2v) is 9.49. The van der Waals surface area contributed by atoms with Gasteiger partial charge in [0, 0.05) is 14.2 Å². The Kier molecular flexibility index (Phi) is 6.25. The van der Waals surface area contributed by atoms with Gasteiger partial charge in [-0.25, -0.2) is 0 Å². The summed E-state index contributed by atoms with van der Waals surface area (Å²) in [5.74, 6) is -0.657. The Labute approximate surface area is 170 Å². The van der Waals surface area contributed by atoms with Crippen molar-refractivity contribution in [3.63, 3.8) is 0 Å². The summed E-state index contributed by atoms with van der Waals surface area (Å²) in [5, 5.41) is -1.31. The Hall–Kier alpha value is -1.73. The largest absolute Gasteiger partial charge is 0.468 e. The van der Waals surface area contributed by atoms with Gasteiger partial charge in [-0.3, -0.25) is 9.36 Å². The van der Waals surface area contributed by atoms with Gasteiger partial charge in [-0.1, -0.05) is 42.5 Å². The number of carbonyl (C=O) groups is 1. The van der Waals surface area contributed by atoms with Crippen LogP contribution in [0.25, 0.3) is 0 Å². The van der Waals surface area contributed by atoms with E-state index in [9.17, 15) is 9.36 Å². The number of ether oxygens (including phenoxy) is 2. The van der Waals surface area contributed by atoms with Crippen LogP contribution in [0.1, 0.15) is 24.4 Å². The molecule has 3 atom stereocenters. The molecule has 0 radical (unpaired) electrons. The van der Waals surface area contributed by atoms with Crippen LogP contribution >= 0.6 is 19.8 Å². The number of esters is 1. The van der Waals surface area contributed by atoms with E-state index in [1.807, 2.05) is 41.3 Å². The highest BCUT2D eigenvalue weighted by atomic mass is 32.1. The number of carbonyl (C=O) groups excluding carboxylic acids is 1. The van der Waals surface area contributed by atoms with Gasteiger partial charge in [0.1, 0.15) is 6.61 Å². The molecule has 1 fully saturated rings. The number of rotatable bonds is 6. The van der Waals surface area contributed by atoms with E-state index in [0.717, 1.165) is 5.56 Å². The Bertz CT molecular complexity index is 808. The van der Waals surface area contributed by atoms with Crippen molar-refractivity contribution in [3.8, 4) is 0 Å². The monoisotopic (exact) mass is 425 g/mol. The van der Waals surface area contributed by atoms with Crippen molar-refractivity contribution < 1.29 is 27.9 Å². The van der Waals surface area contributed by atoms with Crippen molar-refractivity contribution in [1.82, 2.24) is 4.90 Å². The number of allylic oxidation sites excluding steroid dienone is 1. The zero-order valence-electron chi connectivity index (χ0n) is 16.1. The summed E-state index contributed by atoms with van der Waals surface area (Å²) < 4.78 is 35.0. The van der Waals surface area contributed by atoms with Crippen LogP contribution in [0.2, 0.25) is 0 Å². The number of benzene rings is 1. The van der Waals surface area contributed by atoms with E-state index in [1.54, 1.807) is 6.08 Å². The van der Waals surface area contributed by atoms with Gasteiger partial charge >= 0.3 is 13.6 Å². The predicted molar refractivity (Wildman–Crippen MR) is 108 cm³/mol. The lowest BCUT2D eigenvalue weighted by molar-refractivity contribution is -0.146. The summed E-state index contributed by atoms with van der Waals surface area (Å²) in [6, 6.07) is 8.89. The summed E-state index contributed by atoms with van der Waals surface area (Å²) in [6.45, 7) is 0.338. The van der Waals surface area contributed by atoms with E-state index in [-0.39, 0.29) is 17.6 Å². The minimum Gasteiger partial charge on any atom is -0.468 e. The van der Waals surface area contributed by atoms with Crippen LogP contribution in [0, 0.1) is 0 Å². The SMILES string of the molecule is COC(=O)[C@@]1(P(=O)(OC)OC)CC=CC[C@H]1N1C(=S)OC[C@H]1c1ccccc1. The molecule has 9 heteroatoms. The second-order valence-electron chi connectivity index (χ2n) is 6.62. The van der Waals surface area contributed by atoms with E-state index in [2.05, 4.69) is 0 Å². The molecule has 0 N–H and O–H groups in total. The fraction of sp³-hybridized carbons (Fsp3) is 0.474. The maximum atomic E-state index is 13.7. The summed E-state index contributed by atoms with van der Waals surface area (Å²) in [4.78, 5) is 14.9. The van der Waals surface area contributed by atoms with Gasteiger partial charge in [-0.05, 0) is 30.6 Å². The number of hydrogen-bond acceptors (Lipinski definition) is 7. The molecule has 0 bridgehead atoms. The van der Waals surface area contributed by atoms with Crippen LogP contribution < -0.4 is 0 Å². The van der Waals surface area contributed by atoms with E-state index in [1.165, 1.54) is 21.3 Å². The molecule has 1 aromatic carbocycles. The number of methoxy groups -OCH3 is 1. The third kappa shape index (κ3) is 3.18. The smallest absolute Gasteiger partial charge is 0.349 e. The lowest BCUT2D eigenvalue weighted by Gasteiger charge is -2.46. The first-order valence-corrected chi connectivity index (χ1v) is 10.9. The van der Waals surface area contributed by atoms with Crippen molar-refractivity contribution >= 4 is 31.0 Å². The number of thiocarbonyl (C=S) groups is 1. The molecule has 2 aliphatic rings. The summed E-state index contributed by atoms with van der Waals surface area (Å²) in [7, 11) is -0.0783. The number of hydrogen-bond donors (Lipinski definition) is 0. The highest BCUT2D eigenvalue weighted by molar-refractivity contribution is 7.80. The van der Waals surface area contributed by atoms with Gasteiger partial charge in [0.05, 0.1) is 19.2 Å². The molecule has 7 nitrogen and oxygen atoms in total. The zero-order valence-corrected chi connectivity index (χ0v) is 17.8. The van der Waals surface area contributed by atoms with E-state index in [4.69, 9.17) is 30.7 Å². The molecule has 0 spiro atoms. The van der Waals surface area contributed by atoms with Crippen LogP contribution in [0.15, 0.2) is 42.5 Å². The predicted octanol–water partition coefficient (Wildman–Crippen LogP) is 3.46. The van der Waals surface area contributed by atoms with Gasteiger partial charge < -0.3 is 23.4 Å². The molecule has 0 saturated carbocycles. The minimum absolute atomic E-state index is 0.143. The third-order valence-corrected chi connectivity index (χ3v) is 8.38. The van der Waals surface area contributed by atoms with Gasteiger partial charge in [-0.2, -0.15) is 0 Å². The van der Waals surface area contributed by atoms with E-state index < -0.39 is 24.8 Å². The van der Waals surface area contributed by atoms with Crippen LogP contribution in [0.3, 0.4) is 0 Å². The van der Waals surface area contributed by atoms with Crippen LogP contribution in [-0.4, -0.2) is 55.2 Å². The van der Waals surface area contributed by atoms with Gasteiger partial charge in [0.25, 0.3) is 5.17 Å². The highest BCUT2D eigenvalue weighted by Gasteiger charge is 2.65. The topological polar surface area (TPSA) is 74.3 Å². The normalized spacial score (nSPS) is 27.5. The third-order valence-electron chi connectivity index (χ3n) is 5.45. The molecule has 1 aromatic rings. The zero-order chi connectivity index (χ0) is 20.4. The standard InChI is InChI=1S/C19H24NO6PS/c1-23-17(21)19(27(22,24-2)25-3)12-8-7-11-16(19)20-15(13-26-18(20)28)14-9-5-4-6-10-14/h4-10,15-16H,11-13H2,1-3H3/t15-,16+,19+/m0/s1. The first-order chi connectivity index (χ1) is 13.4. The molecule has 1 heterocycles. The Morgan fingerprint density at radius 1 is 1.21 bits per heavy atom. The first-order valence-electron chi connectivity index (χ1n) is 8.90. The van der Waals surface area contributed by atoms with Gasteiger partial charge in [-0.15, -0.1) is 0 Å². The second kappa shape index (κ2) is 8.33. The molecule has 3 rings (SSSR count). The molecule has 1 aliphatic carbocycles. The average molecular weight is 425 g/mol. The molecular weight excluding hydrogens is 401 g/mol. The maximum absolute atomic E-state index is 13.7. The molecule has 1 saturated heterocycles. The van der Waals surface area contributed by atoms with Gasteiger partial charge in [0.15, 0.2) is 5.16 Å². The molecule has 152 valence electrons. The minimum atomic E-state index is -3.90. The molecule has 0 aromatic heterocycles. The van der Waals surface area contributed by atoms with E-state index >= 15 is 0 Å². The van der Waals surface area contributed by atoms with Gasteiger partial charge in [0.2, 0.25) is 0 Å². The summed E-state index contributed by atoms with van der Waals surface area (Å²) >= 11 is 5.48. The first kappa shape index (κ1) is 21.0. The fourth-order valence-electron chi connectivity index (χ4n) is 4.07. The molecule has 28 heavy (non-hydrogen) atoms. The fourth-order valence-corrected chi connectivity index (χ4v) is 6.44. The quantitative estimate of drug-likeness (QED) is 0.297. The van der Waals surface area contributed by atoms with Crippen LogP contribution in [0.5, 0.6) is 0 Å². The van der Waals surface area contributed by atoms with Crippen molar-refractivity contribution in [2.45, 2.75) is 30.1 Å². The Morgan fingerprint density at radius 2 is 1.89 bits per heavy atom. The summed E-state index contributed by atoms with van der Waals surface area (Å²) in [6.07, 6.45) is 4.29. The molecule has 0 unspecified atom stereocenters. The highest BCUT2D eigenvalue weighted by Crippen LogP contribution is 2.65. The molecule has 1 aliphatic heterocycles. The van der Waals surface area contributed by atoms with Crippen molar-refractivity contribution in [2.75, 3.05) is 27.9 Å². The summed E-state index contributed by atoms with van der Waals surface area (Å²) in [5.41, 5.74) is 0.986. The van der Waals surface area contributed by atoms with Crippen LogP contribution in [-0.2, 0) is 27.9 Å². The van der Waals surface area contributed by atoms with Crippen molar-refractivity contribution in [2.24, 2.45) is 0 Å². The molecule has 0 amide bonds. The Balaban J connectivity index is 2.15.